The third-order valence-electron chi connectivity index (χ3n) is 5.04. The van der Waals surface area contributed by atoms with Gasteiger partial charge in [-0.2, -0.15) is 0 Å². The van der Waals surface area contributed by atoms with Crippen molar-refractivity contribution >= 4 is 35.0 Å². The lowest BCUT2D eigenvalue weighted by Crippen LogP contribution is -2.38. The molecular formula is C21H22N2O3S. The van der Waals surface area contributed by atoms with Crippen LogP contribution in [0.15, 0.2) is 53.4 Å². The summed E-state index contributed by atoms with van der Waals surface area (Å²) in [6.07, 6.45) is 1.20. The Labute approximate surface area is 163 Å². The standard InChI is InChI=1S/C21H22N2O3S/c1-26-17-7-4-6-16(13-17)23-14-15(12-20(23)24)21(25)22-10-5-11-27-19-9-3-2-8-18(19)22/h2-4,6-9,13,15H,5,10-12,14H2,1H3. The summed E-state index contributed by atoms with van der Waals surface area (Å²) in [4.78, 5) is 30.6. The van der Waals surface area contributed by atoms with Crippen molar-refractivity contribution in [3.63, 3.8) is 0 Å². The van der Waals surface area contributed by atoms with Crippen molar-refractivity contribution in [2.24, 2.45) is 5.92 Å². The summed E-state index contributed by atoms with van der Waals surface area (Å²) in [6, 6.07) is 15.5. The molecule has 0 aliphatic carbocycles. The summed E-state index contributed by atoms with van der Waals surface area (Å²) in [5.41, 5.74) is 1.75. The number of nitrogens with zero attached hydrogens (tertiary/aromatic N) is 2. The lowest BCUT2D eigenvalue weighted by Gasteiger charge is -2.25. The van der Waals surface area contributed by atoms with Crippen LogP contribution in [-0.2, 0) is 9.59 Å². The van der Waals surface area contributed by atoms with Crippen LogP contribution in [0.2, 0.25) is 0 Å². The first-order chi connectivity index (χ1) is 13.2. The van der Waals surface area contributed by atoms with Crippen LogP contribution in [0.25, 0.3) is 0 Å². The van der Waals surface area contributed by atoms with Crippen LogP contribution >= 0.6 is 11.8 Å². The molecule has 0 N–H and O–H groups in total. The number of benzene rings is 2. The number of rotatable bonds is 3. The number of carbonyl (C=O) groups excluding carboxylic acids is 2. The van der Waals surface area contributed by atoms with Gasteiger partial charge in [0.25, 0.3) is 0 Å². The van der Waals surface area contributed by atoms with Gasteiger partial charge >= 0.3 is 0 Å². The quantitative estimate of drug-likeness (QED) is 0.814. The first kappa shape index (κ1) is 17.9. The second-order valence-corrected chi connectivity index (χ2v) is 7.90. The van der Waals surface area contributed by atoms with Crippen molar-refractivity contribution in [1.29, 1.82) is 0 Å². The Morgan fingerprint density at radius 1 is 1.19 bits per heavy atom. The zero-order chi connectivity index (χ0) is 18.8. The summed E-state index contributed by atoms with van der Waals surface area (Å²) >= 11 is 1.79. The Kier molecular flexibility index (Phi) is 5.07. The van der Waals surface area contributed by atoms with Crippen molar-refractivity contribution in [1.82, 2.24) is 0 Å². The van der Waals surface area contributed by atoms with Crippen molar-refractivity contribution in [3.8, 4) is 5.75 Å². The average molecular weight is 382 g/mol. The van der Waals surface area contributed by atoms with Crippen molar-refractivity contribution in [2.45, 2.75) is 17.7 Å². The number of para-hydroxylation sites is 1. The maximum absolute atomic E-state index is 13.3. The summed E-state index contributed by atoms with van der Waals surface area (Å²) in [5.74, 6) is 1.41. The van der Waals surface area contributed by atoms with E-state index in [2.05, 4.69) is 6.07 Å². The molecule has 0 spiro atoms. The molecule has 1 saturated heterocycles. The Morgan fingerprint density at radius 3 is 2.89 bits per heavy atom. The molecular weight excluding hydrogens is 360 g/mol. The number of anilines is 2. The highest BCUT2D eigenvalue weighted by atomic mass is 32.2. The molecule has 0 radical (unpaired) electrons. The second-order valence-electron chi connectivity index (χ2n) is 6.77. The minimum absolute atomic E-state index is 0.0147. The summed E-state index contributed by atoms with van der Waals surface area (Å²) in [7, 11) is 1.60. The zero-order valence-corrected chi connectivity index (χ0v) is 16.1. The number of hydrogen-bond donors (Lipinski definition) is 0. The molecule has 2 aromatic rings. The van der Waals surface area contributed by atoms with E-state index in [0.717, 1.165) is 28.4 Å². The molecule has 1 atom stereocenters. The van der Waals surface area contributed by atoms with Gasteiger partial charge in [0.1, 0.15) is 5.75 Å². The molecule has 0 saturated carbocycles. The monoisotopic (exact) mass is 382 g/mol. The number of hydrogen-bond acceptors (Lipinski definition) is 4. The third kappa shape index (κ3) is 3.54. The number of fused-ring (bicyclic) bond motifs is 1. The highest BCUT2D eigenvalue weighted by Crippen LogP contribution is 2.36. The Hall–Kier alpha value is -2.47. The zero-order valence-electron chi connectivity index (χ0n) is 15.3. The molecule has 0 bridgehead atoms. The van der Waals surface area contributed by atoms with E-state index >= 15 is 0 Å². The van der Waals surface area contributed by atoms with Gasteiger partial charge in [0, 0.05) is 36.2 Å². The molecule has 1 unspecified atom stereocenters. The van der Waals surface area contributed by atoms with E-state index in [9.17, 15) is 9.59 Å². The van der Waals surface area contributed by atoms with Gasteiger partial charge in [-0.3, -0.25) is 9.59 Å². The van der Waals surface area contributed by atoms with Crippen LogP contribution < -0.4 is 14.5 Å². The molecule has 140 valence electrons. The van der Waals surface area contributed by atoms with E-state index in [1.165, 1.54) is 0 Å². The molecule has 1 fully saturated rings. The minimum atomic E-state index is -0.320. The molecule has 0 aromatic heterocycles. The first-order valence-corrected chi connectivity index (χ1v) is 10.1. The molecule has 2 aromatic carbocycles. The second kappa shape index (κ2) is 7.64. The van der Waals surface area contributed by atoms with Crippen LogP contribution in [0.1, 0.15) is 12.8 Å². The lowest BCUT2D eigenvalue weighted by molar-refractivity contribution is -0.124. The largest absolute Gasteiger partial charge is 0.497 e. The molecule has 2 aliphatic rings. The smallest absolute Gasteiger partial charge is 0.232 e. The Balaban J connectivity index is 1.56. The summed E-state index contributed by atoms with van der Waals surface area (Å²) < 4.78 is 5.26. The maximum Gasteiger partial charge on any atom is 0.232 e. The van der Waals surface area contributed by atoms with Crippen molar-refractivity contribution in [3.05, 3.63) is 48.5 Å². The summed E-state index contributed by atoms with van der Waals surface area (Å²) in [5, 5.41) is 0. The molecule has 2 amide bonds. The number of thioether (sulfide) groups is 1. The Bertz CT molecular complexity index is 870. The van der Waals surface area contributed by atoms with E-state index in [1.807, 2.05) is 47.4 Å². The summed E-state index contributed by atoms with van der Waals surface area (Å²) in [6.45, 7) is 1.11. The minimum Gasteiger partial charge on any atom is -0.497 e. The predicted molar refractivity (Wildman–Crippen MR) is 108 cm³/mol. The molecule has 2 aliphatic heterocycles. The topological polar surface area (TPSA) is 49.9 Å². The molecule has 2 heterocycles. The maximum atomic E-state index is 13.3. The number of amides is 2. The van der Waals surface area contributed by atoms with E-state index in [4.69, 9.17) is 4.74 Å². The van der Waals surface area contributed by atoms with Gasteiger partial charge in [-0.15, -0.1) is 11.8 Å². The Morgan fingerprint density at radius 2 is 2.04 bits per heavy atom. The molecule has 27 heavy (non-hydrogen) atoms. The fourth-order valence-electron chi connectivity index (χ4n) is 3.68. The van der Waals surface area contributed by atoms with Crippen molar-refractivity contribution in [2.75, 3.05) is 35.8 Å². The number of ether oxygens (including phenoxy) is 1. The van der Waals surface area contributed by atoms with E-state index in [-0.39, 0.29) is 24.2 Å². The van der Waals surface area contributed by atoms with Crippen LogP contribution in [0.3, 0.4) is 0 Å². The van der Waals surface area contributed by atoms with Gasteiger partial charge in [-0.1, -0.05) is 18.2 Å². The van der Waals surface area contributed by atoms with E-state index in [0.29, 0.717) is 18.8 Å². The average Bonchev–Trinajstić information content (AvgIpc) is 2.96. The van der Waals surface area contributed by atoms with Gasteiger partial charge < -0.3 is 14.5 Å². The van der Waals surface area contributed by atoms with Crippen LogP contribution in [-0.4, -0.2) is 37.8 Å². The number of methoxy groups -OCH3 is 1. The SMILES string of the molecule is COc1cccc(N2CC(C(=O)N3CCCSc4ccccc43)CC2=O)c1. The molecule has 6 heteroatoms. The van der Waals surface area contributed by atoms with Crippen LogP contribution in [0.5, 0.6) is 5.75 Å². The fourth-order valence-corrected chi connectivity index (χ4v) is 4.67. The lowest BCUT2D eigenvalue weighted by atomic mass is 10.1. The highest BCUT2D eigenvalue weighted by Gasteiger charge is 2.38. The van der Waals surface area contributed by atoms with Gasteiger partial charge in [-0.05, 0) is 36.4 Å². The molecule has 4 rings (SSSR count). The van der Waals surface area contributed by atoms with Gasteiger partial charge in [-0.25, -0.2) is 0 Å². The normalized spacial score (nSPS) is 19.6. The van der Waals surface area contributed by atoms with Crippen LogP contribution in [0.4, 0.5) is 11.4 Å². The fraction of sp³-hybridized carbons (Fsp3) is 0.333. The van der Waals surface area contributed by atoms with Crippen LogP contribution in [0, 0.1) is 5.92 Å². The first-order valence-electron chi connectivity index (χ1n) is 9.15. The van der Waals surface area contributed by atoms with E-state index in [1.54, 1.807) is 23.8 Å². The van der Waals surface area contributed by atoms with Gasteiger partial charge in [0.2, 0.25) is 11.8 Å². The van der Waals surface area contributed by atoms with E-state index < -0.39 is 0 Å². The third-order valence-corrected chi connectivity index (χ3v) is 6.19. The number of carbonyl (C=O) groups is 2. The van der Waals surface area contributed by atoms with Gasteiger partial charge in [0.15, 0.2) is 0 Å². The molecule has 5 nitrogen and oxygen atoms in total. The predicted octanol–water partition coefficient (Wildman–Crippen LogP) is 3.58. The van der Waals surface area contributed by atoms with Crippen molar-refractivity contribution < 1.29 is 14.3 Å². The van der Waals surface area contributed by atoms with Gasteiger partial charge in [0.05, 0.1) is 18.7 Å². The highest BCUT2D eigenvalue weighted by molar-refractivity contribution is 7.99.